The van der Waals surface area contributed by atoms with Crippen molar-refractivity contribution in [2.75, 3.05) is 0 Å². The number of hydrogen-bond donors (Lipinski definition) is 2. The zero-order chi connectivity index (χ0) is 21.9. The second-order valence-electron chi connectivity index (χ2n) is 7.05. The highest BCUT2D eigenvalue weighted by molar-refractivity contribution is 6.03. The molecule has 0 bridgehead atoms. The molecule has 0 saturated carbocycles. The molecule has 0 fully saturated rings. The fourth-order valence-corrected chi connectivity index (χ4v) is 3.50. The molecule has 0 saturated heterocycles. The summed E-state index contributed by atoms with van der Waals surface area (Å²) < 4.78 is 4.56. The monoisotopic (exact) mass is 398 g/mol. The van der Waals surface area contributed by atoms with Crippen LogP contribution in [0.25, 0.3) is 0 Å². The highest BCUT2D eigenvalue weighted by atomic mass is 16.6. The lowest BCUT2D eigenvalue weighted by Crippen LogP contribution is -2.24. The Morgan fingerprint density at radius 1 is 0.931 bits per heavy atom. The Labute approximate surface area is 167 Å². The Morgan fingerprint density at radius 2 is 1.52 bits per heavy atom. The zero-order valence-corrected chi connectivity index (χ0v) is 16.7. The van der Waals surface area contributed by atoms with Crippen molar-refractivity contribution in [3.63, 3.8) is 0 Å². The lowest BCUT2D eigenvalue weighted by molar-refractivity contribution is -0.138. The summed E-state index contributed by atoms with van der Waals surface area (Å²) in [6.07, 6.45) is -0.0618. The molecule has 0 atom stereocenters. The number of carboxylic acid groups (broad SMARTS) is 2. The molecule has 0 amide bonds. The quantitative estimate of drug-likeness (QED) is 0.602. The highest BCUT2D eigenvalue weighted by Gasteiger charge is 2.26. The largest absolute Gasteiger partial charge is 0.481 e. The molecule has 1 aliphatic rings. The van der Waals surface area contributed by atoms with E-state index in [1.165, 1.54) is 0 Å². The van der Waals surface area contributed by atoms with Gasteiger partial charge in [0.05, 0.1) is 24.0 Å². The van der Waals surface area contributed by atoms with Gasteiger partial charge in [-0.15, -0.1) is 0 Å². The molecular weight excluding hydrogens is 376 g/mol. The summed E-state index contributed by atoms with van der Waals surface area (Å²) in [4.78, 5) is 43.9. The van der Waals surface area contributed by atoms with E-state index < -0.39 is 23.9 Å². The number of carbonyl (C=O) groups is 4. The highest BCUT2D eigenvalue weighted by Crippen LogP contribution is 2.22. The molecule has 7 nitrogen and oxygen atoms in total. The molecule has 0 aromatic heterocycles. The molecule has 3 rings (SSSR count). The van der Waals surface area contributed by atoms with E-state index >= 15 is 0 Å². The molecule has 0 aliphatic carbocycles. The summed E-state index contributed by atoms with van der Waals surface area (Å²) in [5, 5.41) is 17.6. The Balaban J connectivity index is 0.000000207. The van der Waals surface area contributed by atoms with Gasteiger partial charge in [-0.3, -0.25) is 9.59 Å². The van der Waals surface area contributed by atoms with Crippen LogP contribution in [0.1, 0.15) is 54.1 Å². The molecule has 2 aromatic rings. The SMILES string of the molecule is Cc1cc(C)c(C(=O)O)c(CC(=O)O)c1.Cc1cc(C)c2c(c1)CC(=O)OC2=O. The number of aromatic carboxylic acids is 1. The minimum absolute atomic E-state index is 0.100. The van der Waals surface area contributed by atoms with Gasteiger partial charge in [-0.05, 0) is 49.9 Å². The molecule has 0 unspecified atom stereocenters. The van der Waals surface area contributed by atoms with Crippen LogP contribution in [0.5, 0.6) is 0 Å². The van der Waals surface area contributed by atoms with Gasteiger partial charge in [0.25, 0.3) is 0 Å². The number of aliphatic carboxylic acids is 1. The maximum atomic E-state index is 11.4. The van der Waals surface area contributed by atoms with Crippen LogP contribution in [0.2, 0.25) is 0 Å². The van der Waals surface area contributed by atoms with Crippen molar-refractivity contribution in [3.8, 4) is 0 Å². The molecule has 2 aromatic carbocycles. The van der Waals surface area contributed by atoms with E-state index in [2.05, 4.69) is 4.74 Å². The normalized spacial score (nSPS) is 12.4. The second-order valence-corrected chi connectivity index (χ2v) is 7.05. The van der Waals surface area contributed by atoms with Gasteiger partial charge in [-0.2, -0.15) is 0 Å². The van der Waals surface area contributed by atoms with Gasteiger partial charge in [-0.25, -0.2) is 9.59 Å². The summed E-state index contributed by atoms with van der Waals surface area (Å²) in [6.45, 7) is 7.27. The number of cyclic esters (lactones) is 2. The molecule has 29 heavy (non-hydrogen) atoms. The minimum Gasteiger partial charge on any atom is -0.481 e. The van der Waals surface area contributed by atoms with Crippen molar-refractivity contribution in [2.24, 2.45) is 0 Å². The molecule has 2 N–H and O–H groups in total. The van der Waals surface area contributed by atoms with Crippen LogP contribution < -0.4 is 0 Å². The Morgan fingerprint density at radius 3 is 2.10 bits per heavy atom. The van der Waals surface area contributed by atoms with Crippen molar-refractivity contribution in [1.82, 2.24) is 0 Å². The predicted molar refractivity (Wildman–Crippen MR) is 104 cm³/mol. The van der Waals surface area contributed by atoms with E-state index in [-0.39, 0.29) is 18.4 Å². The third-order valence-corrected chi connectivity index (χ3v) is 4.42. The van der Waals surface area contributed by atoms with Crippen LogP contribution in [0.15, 0.2) is 24.3 Å². The van der Waals surface area contributed by atoms with Crippen LogP contribution in [-0.4, -0.2) is 34.1 Å². The van der Waals surface area contributed by atoms with Crippen LogP contribution >= 0.6 is 0 Å². The maximum absolute atomic E-state index is 11.4. The molecule has 0 spiro atoms. The van der Waals surface area contributed by atoms with Crippen molar-refractivity contribution < 1.29 is 34.1 Å². The van der Waals surface area contributed by atoms with Gasteiger partial charge in [0, 0.05) is 0 Å². The van der Waals surface area contributed by atoms with E-state index in [0.717, 1.165) is 22.3 Å². The lowest BCUT2D eigenvalue weighted by Gasteiger charge is -2.16. The molecule has 7 heteroatoms. The minimum atomic E-state index is -1.08. The van der Waals surface area contributed by atoms with Crippen molar-refractivity contribution in [2.45, 2.75) is 40.5 Å². The zero-order valence-electron chi connectivity index (χ0n) is 16.7. The standard InChI is InChI=1S/C11H12O4.C11H10O3/c1-6-3-7(2)10(11(14)15)8(4-6)5-9(12)13;1-6-3-7(2)10-8(4-6)5-9(12)14-11(10)13/h3-4H,5H2,1-2H3,(H,12,13)(H,14,15);3-4H,5H2,1-2H3. The van der Waals surface area contributed by atoms with Crippen molar-refractivity contribution in [3.05, 3.63) is 68.8 Å². The predicted octanol–water partition coefficient (Wildman–Crippen LogP) is 3.17. The first kappa shape index (κ1) is 21.8. The molecule has 1 aliphatic heterocycles. The number of aryl methyl sites for hydroxylation is 4. The Bertz CT molecular complexity index is 1020. The number of carbonyl (C=O) groups excluding carboxylic acids is 2. The topological polar surface area (TPSA) is 118 Å². The van der Waals surface area contributed by atoms with Gasteiger partial charge in [-0.1, -0.05) is 35.4 Å². The van der Waals surface area contributed by atoms with E-state index in [1.807, 2.05) is 32.9 Å². The number of esters is 2. The average Bonchev–Trinajstić information content (AvgIpc) is 2.51. The summed E-state index contributed by atoms with van der Waals surface area (Å²) in [6, 6.07) is 7.11. The van der Waals surface area contributed by atoms with Crippen LogP contribution in [0, 0.1) is 27.7 Å². The number of fused-ring (bicyclic) bond motifs is 1. The van der Waals surface area contributed by atoms with Gasteiger partial charge in [0.1, 0.15) is 0 Å². The number of carboxylic acids is 2. The smallest absolute Gasteiger partial charge is 0.346 e. The van der Waals surface area contributed by atoms with Gasteiger partial charge in [0.2, 0.25) is 0 Å². The summed E-state index contributed by atoms with van der Waals surface area (Å²) in [5.41, 5.74) is 5.18. The van der Waals surface area contributed by atoms with Crippen molar-refractivity contribution in [1.29, 1.82) is 0 Å². The van der Waals surface area contributed by atoms with Crippen LogP contribution in [-0.2, 0) is 27.2 Å². The molecule has 0 radical (unpaired) electrons. The third kappa shape index (κ3) is 5.28. The average molecular weight is 398 g/mol. The Hall–Kier alpha value is -3.48. The molecular formula is C22H22O7. The van der Waals surface area contributed by atoms with E-state index in [0.29, 0.717) is 16.7 Å². The van der Waals surface area contributed by atoms with Crippen molar-refractivity contribution >= 4 is 23.9 Å². The summed E-state index contributed by atoms with van der Waals surface area (Å²) >= 11 is 0. The summed E-state index contributed by atoms with van der Waals surface area (Å²) in [7, 11) is 0. The Kier molecular flexibility index (Phi) is 6.53. The molecule has 1 heterocycles. The van der Waals surface area contributed by atoms with E-state index in [1.54, 1.807) is 19.1 Å². The number of rotatable bonds is 3. The number of hydrogen-bond acceptors (Lipinski definition) is 5. The third-order valence-electron chi connectivity index (χ3n) is 4.42. The summed E-state index contributed by atoms with van der Waals surface area (Å²) in [5.74, 6) is -3.09. The van der Waals surface area contributed by atoms with Crippen LogP contribution in [0.4, 0.5) is 0 Å². The first-order valence-corrected chi connectivity index (χ1v) is 8.90. The molecule has 152 valence electrons. The fraction of sp³-hybridized carbons (Fsp3) is 0.273. The van der Waals surface area contributed by atoms with E-state index in [9.17, 15) is 19.2 Å². The maximum Gasteiger partial charge on any atom is 0.346 e. The lowest BCUT2D eigenvalue weighted by atomic mass is 9.95. The number of benzene rings is 2. The fourth-order valence-electron chi connectivity index (χ4n) is 3.50. The first-order chi connectivity index (χ1) is 13.5. The second kappa shape index (κ2) is 8.68. The van der Waals surface area contributed by atoms with Gasteiger partial charge >= 0.3 is 23.9 Å². The van der Waals surface area contributed by atoms with E-state index in [4.69, 9.17) is 10.2 Å². The van der Waals surface area contributed by atoms with Gasteiger partial charge in [0.15, 0.2) is 0 Å². The van der Waals surface area contributed by atoms with Gasteiger partial charge < -0.3 is 14.9 Å². The number of ether oxygens (including phenoxy) is 1. The van der Waals surface area contributed by atoms with Crippen LogP contribution in [0.3, 0.4) is 0 Å². The first-order valence-electron chi connectivity index (χ1n) is 8.90.